The summed E-state index contributed by atoms with van der Waals surface area (Å²) in [6.07, 6.45) is 3.19. The van der Waals surface area contributed by atoms with E-state index in [1.807, 2.05) is 72.1 Å². The van der Waals surface area contributed by atoms with Gasteiger partial charge >= 0.3 is 0 Å². The maximum absolute atomic E-state index is 12.9. The molecule has 7 heteroatoms. The lowest BCUT2D eigenvalue weighted by Gasteiger charge is -2.05. The van der Waals surface area contributed by atoms with E-state index in [1.54, 1.807) is 24.5 Å². The molecule has 4 rings (SSSR count). The van der Waals surface area contributed by atoms with Crippen molar-refractivity contribution in [2.45, 2.75) is 6.54 Å². The van der Waals surface area contributed by atoms with Gasteiger partial charge in [-0.2, -0.15) is 9.67 Å². The van der Waals surface area contributed by atoms with Gasteiger partial charge in [0.05, 0.1) is 13.7 Å². The summed E-state index contributed by atoms with van der Waals surface area (Å²) in [4.78, 5) is 18.6. The van der Waals surface area contributed by atoms with E-state index in [4.69, 9.17) is 4.74 Å². The average molecular weight is 417 g/mol. The number of hydrogen-bond acceptors (Lipinski definition) is 6. The minimum atomic E-state index is -0.302. The van der Waals surface area contributed by atoms with E-state index in [-0.39, 0.29) is 5.91 Å². The van der Waals surface area contributed by atoms with Gasteiger partial charge in [0.25, 0.3) is 5.91 Å². The lowest BCUT2D eigenvalue weighted by Crippen LogP contribution is -2.14. The van der Waals surface area contributed by atoms with Crippen LogP contribution in [0.2, 0.25) is 0 Å². The second-order valence-electron chi connectivity index (χ2n) is 6.38. The maximum Gasteiger partial charge on any atom is 0.274 e. The smallest absolute Gasteiger partial charge is 0.274 e. The molecule has 0 radical (unpaired) electrons. The van der Waals surface area contributed by atoms with Gasteiger partial charge in [-0.05, 0) is 23.6 Å². The number of methoxy groups -OCH3 is 1. The number of hydrogen-bond donors (Lipinski definition) is 1. The van der Waals surface area contributed by atoms with Crippen molar-refractivity contribution < 1.29 is 9.53 Å². The van der Waals surface area contributed by atoms with Gasteiger partial charge < -0.3 is 10.1 Å². The lowest BCUT2D eigenvalue weighted by molar-refractivity contribution is 0.0957. The molecule has 6 nitrogen and oxygen atoms in total. The van der Waals surface area contributed by atoms with Gasteiger partial charge in [0.1, 0.15) is 5.75 Å². The predicted octanol–water partition coefficient (Wildman–Crippen LogP) is 4.98. The highest BCUT2D eigenvalue weighted by Crippen LogP contribution is 2.21. The SMILES string of the molecule is COc1ccccc1C=CC(=O)n1nc(-c2ccccc2)nc1NCc1cccs1. The van der Waals surface area contributed by atoms with Crippen LogP contribution in [0.15, 0.2) is 78.2 Å². The van der Waals surface area contributed by atoms with Gasteiger partial charge in [0.15, 0.2) is 5.82 Å². The number of nitrogens with one attached hydrogen (secondary N) is 1. The Morgan fingerprint density at radius 3 is 2.67 bits per heavy atom. The van der Waals surface area contributed by atoms with E-state index in [1.165, 1.54) is 10.8 Å². The van der Waals surface area contributed by atoms with Crippen LogP contribution in [-0.2, 0) is 6.54 Å². The van der Waals surface area contributed by atoms with Crippen LogP contribution >= 0.6 is 11.3 Å². The summed E-state index contributed by atoms with van der Waals surface area (Å²) in [6.45, 7) is 0.564. The van der Waals surface area contributed by atoms with Crippen LogP contribution in [0, 0.1) is 0 Å². The largest absolute Gasteiger partial charge is 0.496 e. The molecule has 0 spiro atoms. The molecular formula is C23H20N4O2S. The number of anilines is 1. The first-order chi connectivity index (χ1) is 14.7. The highest BCUT2D eigenvalue weighted by atomic mass is 32.1. The number of aromatic nitrogens is 3. The number of allylic oxidation sites excluding steroid dienone is 1. The van der Waals surface area contributed by atoms with Crippen LogP contribution in [-0.4, -0.2) is 27.8 Å². The fraction of sp³-hybridized carbons (Fsp3) is 0.0870. The Morgan fingerprint density at radius 2 is 1.90 bits per heavy atom. The molecule has 0 amide bonds. The average Bonchev–Trinajstić information content (AvgIpc) is 3.47. The van der Waals surface area contributed by atoms with Crippen molar-refractivity contribution in [2.75, 3.05) is 12.4 Å². The Labute approximate surface area is 178 Å². The molecule has 0 saturated carbocycles. The van der Waals surface area contributed by atoms with Crippen molar-refractivity contribution in [3.8, 4) is 17.1 Å². The normalized spacial score (nSPS) is 11.0. The molecule has 0 aliphatic rings. The number of carbonyl (C=O) groups is 1. The minimum Gasteiger partial charge on any atom is -0.496 e. The third-order valence-electron chi connectivity index (χ3n) is 4.39. The molecule has 0 atom stereocenters. The summed E-state index contributed by atoms with van der Waals surface area (Å²) in [5, 5.41) is 9.69. The number of ether oxygens (including phenoxy) is 1. The van der Waals surface area contributed by atoms with Crippen molar-refractivity contribution in [1.29, 1.82) is 0 Å². The molecule has 0 unspecified atom stereocenters. The molecule has 0 bridgehead atoms. The highest BCUT2D eigenvalue weighted by Gasteiger charge is 2.16. The van der Waals surface area contributed by atoms with Crippen molar-refractivity contribution in [3.63, 3.8) is 0 Å². The molecule has 0 aliphatic carbocycles. The molecule has 2 heterocycles. The quantitative estimate of drug-likeness (QED) is 0.430. The Bertz CT molecular complexity index is 1150. The summed E-state index contributed by atoms with van der Waals surface area (Å²) >= 11 is 1.64. The van der Waals surface area contributed by atoms with Gasteiger partial charge in [-0.1, -0.05) is 54.6 Å². The second-order valence-corrected chi connectivity index (χ2v) is 7.42. The van der Waals surface area contributed by atoms with Crippen LogP contribution in [0.25, 0.3) is 17.5 Å². The van der Waals surface area contributed by atoms with Crippen LogP contribution in [0.4, 0.5) is 5.95 Å². The summed E-state index contributed by atoms with van der Waals surface area (Å²) in [5.74, 6) is 1.28. The molecule has 150 valence electrons. The van der Waals surface area contributed by atoms with Crippen LogP contribution in [0.1, 0.15) is 15.2 Å². The Balaban J connectivity index is 1.63. The van der Waals surface area contributed by atoms with Crippen LogP contribution < -0.4 is 10.1 Å². The topological polar surface area (TPSA) is 69.0 Å². The van der Waals surface area contributed by atoms with Crippen LogP contribution in [0.5, 0.6) is 5.75 Å². The van der Waals surface area contributed by atoms with Gasteiger partial charge in [0, 0.05) is 22.1 Å². The van der Waals surface area contributed by atoms with E-state index in [2.05, 4.69) is 15.4 Å². The fourth-order valence-electron chi connectivity index (χ4n) is 2.90. The van der Waals surface area contributed by atoms with Crippen LogP contribution in [0.3, 0.4) is 0 Å². The van der Waals surface area contributed by atoms with E-state index < -0.39 is 0 Å². The molecule has 1 N–H and O–H groups in total. The third kappa shape index (κ3) is 4.47. The zero-order chi connectivity index (χ0) is 20.8. The van der Waals surface area contributed by atoms with Crippen molar-refractivity contribution in [1.82, 2.24) is 14.8 Å². The lowest BCUT2D eigenvalue weighted by atomic mass is 10.2. The van der Waals surface area contributed by atoms with Gasteiger partial charge in [-0.25, -0.2) is 0 Å². The first-order valence-electron chi connectivity index (χ1n) is 9.39. The highest BCUT2D eigenvalue weighted by molar-refractivity contribution is 7.09. The Kier molecular flexibility index (Phi) is 6.01. The predicted molar refractivity (Wildman–Crippen MR) is 120 cm³/mol. The number of benzene rings is 2. The number of rotatable bonds is 7. The minimum absolute atomic E-state index is 0.302. The summed E-state index contributed by atoms with van der Waals surface area (Å²) in [5.41, 5.74) is 1.65. The summed E-state index contributed by atoms with van der Waals surface area (Å²) in [7, 11) is 1.60. The van der Waals surface area contributed by atoms with Crippen molar-refractivity contribution >= 4 is 29.3 Å². The second kappa shape index (κ2) is 9.19. The van der Waals surface area contributed by atoms with E-state index in [9.17, 15) is 4.79 Å². The third-order valence-corrected chi connectivity index (χ3v) is 5.27. The first kappa shape index (κ1) is 19.6. The van der Waals surface area contributed by atoms with Gasteiger partial charge in [-0.15, -0.1) is 16.4 Å². The van der Waals surface area contributed by atoms with E-state index in [0.717, 1.165) is 16.0 Å². The summed E-state index contributed by atoms with van der Waals surface area (Å²) < 4.78 is 6.63. The molecule has 30 heavy (non-hydrogen) atoms. The first-order valence-corrected chi connectivity index (χ1v) is 10.3. The number of nitrogens with zero attached hydrogens (tertiary/aromatic N) is 3. The maximum atomic E-state index is 12.9. The number of carbonyl (C=O) groups excluding carboxylic acids is 1. The molecule has 0 aliphatic heterocycles. The number of para-hydroxylation sites is 1. The molecule has 4 aromatic rings. The molecule has 2 aromatic carbocycles. The molecular weight excluding hydrogens is 396 g/mol. The molecule has 0 fully saturated rings. The summed E-state index contributed by atoms with van der Waals surface area (Å²) in [6, 6.07) is 21.1. The standard InChI is InChI=1S/C23H20N4O2S/c1-29-20-12-6-5-8-17(20)13-14-21(28)27-23(24-16-19-11-7-15-30-19)25-22(26-27)18-9-3-2-4-10-18/h2-15H,16H2,1H3,(H,24,25,26). The fourth-order valence-corrected chi connectivity index (χ4v) is 3.55. The van der Waals surface area contributed by atoms with E-state index >= 15 is 0 Å². The van der Waals surface area contributed by atoms with Gasteiger partial charge in [0.2, 0.25) is 5.95 Å². The molecule has 2 aromatic heterocycles. The Hall–Kier alpha value is -3.71. The Morgan fingerprint density at radius 1 is 1.10 bits per heavy atom. The zero-order valence-corrected chi connectivity index (χ0v) is 17.2. The monoisotopic (exact) mass is 416 g/mol. The van der Waals surface area contributed by atoms with Gasteiger partial charge in [-0.3, -0.25) is 4.79 Å². The van der Waals surface area contributed by atoms with Crippen molar-refractivity contribution in [2.24, 2.45) is 0 Å². The molecule has 0 saturated heterocycles. The van der Waals surface area contributed by atoms with E-state index in [0.29, 0.717) is 24.1 Å². The number of thiophene rings is 1. The van der Waals surface area contributed by atoms with Crippen molar-refractivity contribution in [3.05, 3.63) is 88.6 Å². The zero-order valence-electron chi connectivity index (χ0n) is 16.4.